The molecule has 0 aromatic carbocycles. The van der Waals surface area contributed by atoms with E-state index in [0.29, 0.717) is 12.3 Å². The fraction of sp³-hybridized carbons (Fsp3) is 0.875. The molecule has 72 valence electrons. The number of hydrogen-bond acceptors (Lipinski definition) is 4. The van der Waals surface area contributed by atoms with Crippen molar-refractivity contribution in [2.45, 2.75) is 25.9 Å². The van der Waals surface area contributed by atoms with E-state index in [1.165, 1.54) is 6.92 Å². The van der Waals surface area contributed by atoms with Crippen LogP contribution in [0.15, 0.2) is 0 Å². The summed E-state index contributed by atoms with van der Waals surface area (Å²) >= 11 is 0. The third kappa shape index (κ3) is 7.65. The van der Waals surface area contributed by atoms with Gasteiger partial charge in [0.15, 0.2) is 0 Å². The van der Waals surface area contributed by atoms with Crippen LogP contribution in [0.25, 0.3) is 0 Å². The summed E-state index contributed by atoms with van der Waals surface area (Å²) in [6.07, 6.45) is 1.25. The van der Waals surface area contributed by atoms with E-state index >= 15 is 0 Å². The van der Waals surface area contributed by atoms with Gasteiger partial charge in [-0.25, -0.2) is 0 Å². The smallest absolute Gasteiger partial charge is 0.146 e. The van der Waals surface area contributed by atoms with Gasteiger partial charge in [-0.2, -0.15) is 0 Å². The molecular formula is C8H17NO3. The highest BCUT2D eigenvalue weighted by Gasteiger charge is 2.04. The zero-order valence-electron chi connectivity index (χ0n) is 7.42. The van der Waals surface area contributed by atoms with Gasteiger partial charge in [-0.05, 0) is 19.9 Å². The maximum absolute atomic E-state index is 10.4. The van der Waals surface area contributed by atoms with Gasteiger partial charge in [0.25, 0.3) is 0 Å². The van der Waals surface area contributed by atoms with Gasteiger partial charge in [0.2, 0.25) is 0 Å². The number of carbonyl (C=O) groups is 1. The Labute approximate surface area is 72.6 Å². The summed E-state index contributed by atoms with van der Waals surface area (Å²) in [4.78, 5) is 10.4. The van der Waals surface area contributed by atoms with Gasteiger partial charge < -0.3 is 15.5 Å². The molecule has 0 spiro atoms. The quantitative estimate of drug-likeness (QED) is 0.493. The summed E-state index contributed by atoms with van der Waals surface area (Å²) in [6, 6.07) is 0. The Hall–Kier alpha value is -0.450. The normalized spacial score (nSPS) is 19.4. The number of aliphatic hydroxyl groups is 2. The van der Waals surface area contributed by atoms with Crippen molar-refractivity contribution >= 4 is 5.78 Å². The monoisotopic (exact) mass is 175 g/mol. The first kappa shape index (κ1) is 11.6. The largest absolute Gasteiger partial charge is 0.394 e. The van der Waals surface area contributed by atoms with Crippen molar-refractivity contribution in [3.63, 3.8) is 0 Å². The molecule has 1 aliphatic rings. The molecule has 1 aliphatic heterocycles. The number of nitrogens with one attached hydrogen (secondary N) is 1. The summed E-state index contributed by atoms with van der Waals surface area (Å²) in [7, 11) is 0. The standard InChI is InChI=1S/C5H9NO.C3H8O2/c7-5-2-1-3-6-4-5;1-3(5)2-4/h6H,1-4H2;3-5H,2H2,1H3. The van der Waals surface area contributed by atoms with Crippen LogP contribution >= 0.6 is 0 Å². The molecule has 1 heterocycles. The average molecular weight is 175 g/mol. The van der Waals surface area contributed by atoms with Gasteiger partial charge in [0.1, 0.15) is 5.78 Å². The highest BCUT2D eigenvalue weighted by atomic mass is 16.3. The summed E-state index contributed by atoms with van der Waals surface area (Å²) in [5, 5.41) is 19.0. The fourth-order valence-electron chi connectivity index (χ4n) is 0.727. The van der Waals surface area contributed by atoms with Crippen molar-refractivity contribution in [1.82, 2.24) is 5.32 Å². The van der Waals surface area contributed by atoms with Crippen molar-refractivity contribution in [1.29, 1.82) is 0 Å². The number of piperidine rings is 1. The van der Waals surface area contributed by atoms with E-state index in [9.17, 15) is 4.79 Å². The molecule has 0 aliphatic carbocycles. The SMILES string of the molecule is CC(O)CO.O=C1CCCNC1. The van der Waals surface area contributed by atoms with Gasteiger partial charge >= 0.3 is 0 Å². The number of hydrogen-bond donors (Lipinski definition) is 3. The molecule has 0 saturated carbocycles. The van der Waals surface area contributed by atoms with Crippen molar-refractivity contribution in [3.8, 4) is 0 Å². The summed E-state index contributed by atoms with van der Waals surface area (Å²) in [5.74, 6) is 0.353. The highest BCUT2D eigenvalue weighted by molar-refractivity contribution is 5.80. The van der Waals surface area contributed by atoms with E-state index in [1.807, 2.05) is 0 Å². The molecule has 0 amide bonds. The first-order valence-electron chi connectivity index (χ1n) is 4.18. The molecule has 1 fully saturated rings. The predicted octanol–water partition coefficient (Wildman–Crippen LogP) is -0.702. The van der Waals surface area contributed by atoms with Crippen molar-refractivity contribution < 1.29 is 15.0 Å². The Bertz CT molecular complexity index is 117. The van der Waals surface area contributed by atoms with Gasteiger partial charge in [-0.1, -0.05) is 0 Å². The lowest BCUT2D eigenvalue weighted by Gasteiger charge is -2.08. The first-order chi connectivity index (χ1) is 5.66. The van der Waals surface area contributed by atoms with E-state index < -0.39 is 6.10 Å². The molecule has 4 heteroatoms. The van der Waals surface area contributed by atoms with Crippen LogP contribution in [0.4, 0.5) is 0 Å². The van der Waals surface area contributed by atoms with Gasteiger partial charge in [-0.15, -0.1) is 0 Å². The molecule has 12 heavy (non-hydrogen) atoms. The highest BCUT2D eigenvalue weighted by Crippen LogP contribution is 1.92. The first-order valence-corrected chi connectivity index (χ1v) is 4.18. The number of rotatable bonds is 1. The zero-order valence-corrected chi connectivity index (χ0v) is 7.42. The molecule has 3 N–H and O–H groups in total. The lowest BCUT2D eigenvalue weighted by Crippen LogP contribution is -2.29. The predicted molar refractivity (Wildman–Crippen MR) is 45.9 cm³/mol. The van der Waals surface area contributed by atoms with Gasteiger partial charge in [-0.3, -0.25) is 4.79 Å². The lowest BCUT2D eigenvalue weighted by atomic mass is 10.1. The van der Waals surface area contributed by atoms with Crippen LogP contribution in [0.1, 0.15) is 19.8 Å². The molecule has 1 unspecified atom stereocenters. The van der Waals surface area contributed by atoms with Crippen LogP contribution in [-0.4, -0.2) is 41.8 Å². The van der Waals surface area contributed by atoms with E-state index in [2.05, 4.69) is 5.32 Å². The maximum Gasteiger partial charge on any atom is 0.146 e. The minimum Gasteiger partial charge on any atom is -0.394 e. The number of carbonyl (C=O) groups excluding carboxylic acids is 1. The zero-order chi connectivity index (χ0) is 9.40. The molecule has 4 nitrogen and oxygen atoms in total. The van der Waals surface area contributed by atoms with Crippen molar-refractivity contribution in [2.24, 2.45) is 0 Å². The average Bonchev–Trinajstić information content (AvgIpc) is 2.07. The van der Waals surface area contributed by atoms with Crippen molar-refractivity contribution in [3.05, 3.63) is 0 Å². The second-order valence-electron chi connectivity index (χ2n) is 2.85. The second kappa shape index (κ2) is 7.21. The summed E-state index contributed by atoms with van der Waals surface area (Å²) in [5.41, 5.74) is 0. The minimum absolute atomic E-state index is 0.139. The summed E-state index contributed by atoms with van der Waals surface area (Å²) < 4.78 is 0. The van der Waals surface area contributed by atoms with Crippen LogP contribution in [0.2, 0.25) is 0 Å². The molecule has 0 aromatic heterocycles. The van der Waals surface area contributed by atoms with Crippen molar-refractivity contribution in [2.75, 3.05) is 19.7 Å². The summed E-state index contributed by atoms with van der Waals surface area (Å²) in [6.45, 7) is 3.01. The van der Waals surface area contributed by atoms with E-state index in [0.717, 1.165) is 19.4 Å². The Morgan fingerprint density at radius 1 is 1.67 bits per heavy atom. The molecular weight excluding hydrogens is 158 g/mol. The molecule has 0 bridgehead atoms. The maximum atomic E-state index is 10.4. The fourth-order valence-corrected chi connectivity index (χ4v) is 0.727. The third-order valence-corrected chi connectivity index (χ3v) is 1.40. The van der Waals surface area contributed by atoms with E-state index in [4.69, 9.17) is 10.2 Å². The number of ketones is 1. The van der Waals surface area contributed by atoms with Crippen LogP contribution in [0.5, 0.6) is 0 Å². The lowest BCUT2D eigenvalue weighted by molar-refractivity contribution is -0.119. The Morgan fingerprint density at radius 3 is 2.42 bits per heavy atom. The van der Waals surface area contributed by atoms with E-state index in [-0.39, 0.29) is 6.61 Å². The number of Topliss-reactive ketones (excluding diaryl/α,β-unsaturated/α-hetero) is 1. The second-order valence-corrected chi connectivity index (χ2v) is 2.85. The Morgan fingerprint density at radius 2 is 2.25 bits per heavy atom. The Kier molecular flexibility index (Phi) is 6.94. The molecule has 0 radical (unpaired) electrons. The van der Waals surface area contributed by atoms with Crippen LogP contribution in [-0.2, 0) is 4.79 Å². The van der Waals surface area contributed by atoms with Crippen LogP contribution in [0, 0.1) is 0 Å². The van der Waals surface area contributed by atoms with Gasteiger partial charge in [0.05, 0.1) is 19.3 Å². The minimum atomic E-state index is -0.560. The Balaban J connectivity index is 0.000000217. The molecule has 1 rings (SSSR count). The molecule has 1 saturated heterocycles. The molecule has 0 aromatic rings. The molecule has 1 atom stereocenters. The van der Waals surface area contributed by atoms with E-state index in [1.54, 1.807) is 0 Å². The topological polar surface area (TPSA) is 69.6 Å². The van der Waals surface area contributed by atoms with Crippen LogP contribution < -0.4 is 5.32 Å². The van der Waals surface area contributed by atoms with Gasteiger partial charge in [0, 0.05) is 6.42 Å². The third-order valence-electron chi connectivity index (χ3n) is 1.40. The van der Waals surface area contributed by atoms with Crippen LogP contribution in [0.3, 0.4) is 0 Å². The number of aliphatic hydroxyl groups excluding tert-OH is 2.